The zero-order valence-electron chi connectivity index (χ0n) is 20.8. The molecule has 0 radical (unpaired) electrons. The highest BCUT2D eigenvalue weighted by Crippen LogP contribution is 2.49. The third kappa shape index (κ3) is 5.75. The van der Waals surface area contributed by atoms with Crippen molar-refractivity contribution in [3.05, 3.63) is 70.2 Å². The molecule has 1 aliphatic rings. The number of rotatable bonds is 7. The Morgan fingerprint density at radius 2 is 1.56 bits per heavy atom. The highest BCUT2D eigenvalue weighted by Gasteiger charge is 2.63. The van der Waals surface area contributed by atoms with Gasteiger partial charge in [0.05, 0.1) is 14.2 Å². The van der Waals surface area contributed by atoms with Crippen LogP contribution in [0.15, 0.2) is 69.3 Å². The molecule has 0 unspecified atom stereocenters. The predicted octanol–water partition coefficient (Wildman–Crippen LogP) is 5.36. The monoisotopic (exact) mass is 560 g/mol. The number of nitrogens with zero attached hydrogens (tertiary/aromatic N) is 2. The molecule has 9 nitrogen and oxygen atoms in total. The van der Waals surface area contributed by atoms with Gasteiger partial charge in [-0.15, -0.1) is 0 Å². The molecule has 1 heterocycles. The van der Waals surface area contributed by atoms with Crippen molar-refractivity contribution < 1.29 is 33.3 Å². The van der Waals surface area contributed by atoms with Gasteiger partial charge in [-0.3, -0.25) is 0 Å². The average Bonchev–Trinajstić information content (AvgIpc) is 3.23. The van der Waals surface area contributed by atoms with Crippen LogP contribution in [0.2, 0.25) is 0 Å². The molecular formula is C26H29BrN2O7. The zero-order valence-corrected chi connectivity index (χ0v) is 22.4. The minimum absolute atomic E-state index is 0.109. The molecule has 0 saturated heterocycles. The second-order valence-corrected chi connectivity index (χ2v) is 10.3. The SMILES string of the molecule is COC(=O)[C@@]1(Cc2ccccc2)C[C@](C(=O)OC)([C@@H](OC(=O)OC(C)(C)C)c2ccccc2Br)N=N1. The van der Waals surface area contributed by atoms with E-state index in [0.717, 1.165) is 5.56 Å². The maximum absolute atomic E-state index is 13.4. The third-order valence-corrected chi connectivity index (χ3v) is 6.37. The van der Waals surface area contributed by atoms with Crippen LogP contribution in [0, 0.1) is 0 Å². The number of azo groups is 1. The molecule has 2 aromatic carbocycles. The molecular weight excluding hydrogens is 532 g/mol. The molecule has 0 aliphatic carbocycles. The summed E-state index contributed by atoms with van der Waals surface area (Å²) in [7, 11) is 2.44. The van der Waals surface area contributed by atoms with Crippen LogP contribution in [-0.2, 0) is 35.0 Å². The molecule has 0 saturated carbocycles. The van der Waals surface area contributed by atoms with E-state index in [1.165, 1.54) is 14.2 Å². The lowest BCUT2D eigenvalue weighted by Crippen LogP contribution is -2.50. The van der Waals surface area contributed by atoms with Gasteiger partial charge in [0.1, 0.15) is 5.60 Å². The molecule has 1 aliphatic heterocycles. The third-order valence-electron chi connectivity index (χ3n) is 5.65. The number of ether oxygens (including phenoxy) is 4. The van der Waals surface area contributed by atoms with Crippen molar-refractivity contribution in [1.29, 1.82) is 0 Å². The van der Waals surface area contributed by atoms with Gasteiger partial charge in [-0.1, -0.05) is 64.5 Å². The van der Waals surface area contributed by atoms with Crippen LogP contribution >= 0.6 is 15.9 Å². The maximum Gasteiger partial charge on any atom is 0.509 e. The van der Waals surface area contributed by atoms with E-state index in [-0.39, 0.29) is 12.8 Å². The van der Waals surface area contributed by atoms with E-state index in [1.807, 2.05) is 30.3 Å². The van der Waals surface area contributed by atoms with Crippen LogP contribution in [-0.4, -0.2) is 49.0 Å². The Morgan fingerprint density at radius 1 is 0.944 bits per heavy atom. The quantitative estimate of drug-likeness (QED) is 0.330. The van der Waals surface area contributed by atoms with Gasteiger partial charge in [0.15, 0.2) is 11.6 Å². The minimum Gasteiger partial charge on any atom is -0.467 e. The number of hydrogen-bond donors (Lipinski definition) is 0. The number of carbonyl (C=O) groups excluding carboxylic acids is 3. The summed E-state index contributed by atoms with van der Waals surface area (Å²) in [5, 5.41) is 8.64. The van der Waals surface area contributed by atoms with Crippen molar-refractivity contribution in [2.75, 3.05) is 14.2 Å². The Bertz CT molecular complexity index is 1150. The predicted molar refractivity (Wildman–Crippen MR) is 133 cm³/mol. The minimum atomic E-state index is -1.89. The summed E-state index contributed by atoms with van der Waals surface area (Å²) in [6, 6.07) is 16.1. The molecule has 192 valence electrons. The van der Waals surface area contributed by atoms with E-state index in [4.69, 9.17) is 18.9 Å². The molecule has 10 heteroatoms. The Labute approximate surface area is 218 Å². The van der Waals surface area contributed by atoms with E-state index in [1.54, 1.807) is 45.0 Å². The van der Waals surface area contributed by atoms with Crippen LogP contribution in [0.25, 0.3) is 0 Å². The van der Waals surface area contributed by atoms with Gasteiger partial charge in [-0.2, -0.15) is 10.2 Å². The van der Waals surface area contributed by atoms with E-state index in [0.29, 0.717) is 10.0 Å². The molecule has 0 bridgehead atoms. The second-order valence-electron chi connectivity index (χ2n) is 9.46. The standard InChI is InChI=1S/C26H29BrN2O7/c1-24(2,3)36-23(32)35-20(18-13-9-10-14-19(18)27)26(22(31)34-5)16-25(28-29-26,21(30)33-4)15-17-11-7-6-8-12-17/h6-14,20H,15-16H2,1-5H3/t20-,25+,26+/m0/s1. The molecule has 0 fully saturated rings. The maximum atomic E-state index is 13.4. The van der Waals surface area contributed by atoms with Crippen molar-refractivity contribution in [1.82, 2.24) is 0 Å². The van der Waals surface area contributed by atoms with E-state index in [9.17, 15) is 14.4 Å². The van der Waals surface area contributed by atoms with Crippen molar-refractivity contribution in [3.63, 3.8) is 0 Å². The Morgan fingerprint density at radius 3 is 2.14 bits per heavy atom. The molecule has 2 aromatic rings. The van der Waals surface area contributed by atoms with Crippen LogP contribution in [0.5, 0.6) is 0 Å². The van der Waals surface area contributed by atoms with Crippen molar-refractivity contribution in [2.24, 2.45) is 10.2 Å². The number of methoxy groups -OCH3 is 2. The molecule has 0 spiro atoms. The van der Waals surface area contributed by atoms with E-state index in [2.05, 4.69) is 26.2 Å². The highest BCUT2D eigenvalue weighted by atomic mass is 79.9. The fraction of sp³-hybridized carbons (Fsp3) is 0.423. The van der Waals surface area contributed by atoms with Crippen molar-refractivity contribution >= 4 is 34.0 Å². The van der Waals surface area contributed by atoms with Gasteiger partial charge in [0.2, 0.25) is 5.54 Å². The largest absolute Gasteiger partial charge is 0.509 e. The van der Waals surface area contributed by atoms with Gasteiger partial charge in [-0.25, -0.2) is 14.4 Å². The summed E-state index contributed by atoms with van der Waals surface area (Å²) >= 11 is 3.47. The normalized spacial score (nSPS) is 21.9. The van der Waals surface area contributed by atoms with Gasteiger partial charge < -0.3 is 18.9 Å². The van der Waals surface area contributed by atoms with Gasteiger partial charge in [-0.05, 0) is 32.4 Å². The summed E-state index contributed by atoms with van der Waals surface area (Å²) in [6.45, 7) is 5.07. The fourth-order valence-electron chi connectivity index (χ4n) is 4.13. The smallest absolute Gasteiger partial charge is 0.467 e. The topological polar surface area (TPSA) is 113 Å². The summed E-state index contributed by atoms with van der Waals surface area (Å²) in [5.74, 6) is -1.50. The zero-order chi connectivity index (χ0) is 26.6. The number of esters is 2. The van der Waals surface area contributed by atoms with Gasteiger partial charge >= 0.3 is 18.1 Å². The summed E-state index contributed by atoms with van der Waals surface area (Å²) in [6.07, 6.45) is -2.50. The molecule has 0 amide bonds. The Hall–Kier alpha value is -3.27. The first-order valence-corrected chi connectivity index (χ1v) is 12.0. The second kappa shape index (κ2) is 10.8. The average molecular weight is 561 g/mol. The molecule has 3 atom stereocenters. The first-order chi connectivity index (χ1) is 17.0. The van der Waals surface area contributed by atoms with Crippen molar-refractivity contribution in [3.8, 4) is 0 Å². The van der Waals surface area contributed by atoms with E-state index < -0.39 is 40.9 Å². The summed E-state index contributed by atoms with van der Waals surface area (Å²) < 4.78 is 21.9. The Kier molecular flexibility index (Phi) is 8.18. The fourth-order valence-corrected chi connectivity index (χ4v) is 4.62. The molecule has 0 N–H and O–H groups in total. The van der Waals surface area contributed by atoms with E-state index >= 15 is 0 Å². The number of carbonyl (C=O) groups is 3. The molecule has 36 heavy (non-hydrogen) atoms. The number of hydrogen-bond acceptors (Lipinski definition) is 9. The molecule has 3 rings (SSSR count). The van der Waals surface area contributed by atoms with Crippen LogP contribution in [0.4, 0.5) is 4.79 Å². The van der Waals surface area contributed by atoms with Gasteiger partial charge in [0, 0.05) is 22.9 Å². The first-order valence-electron chi connectivity index (χ1n) is 11.3. The lowest BCUT2D eigenvalue weighted by atomic mass is 9.76. The van der Waals surface area contributed by atoms with Crippen molar-refractivity contribution in [2.45, 2.75) is 56.4 Å². The lowest BCUT2D eigenvalue weighted by Gasteiger charge is -2.34. The summed E-state index contributed by atoms with van der Waals surface area (Å²) in [4.78, 5) is 39.3. The van der Waals surface area contributed by atoms with Crippen LogP contribution in [0.1, 0.15) is 44.4 Å². The Balaban J connectivity index is 2.14. The highest BCUT2D eigenvalue weighted by molar-refractivity contribution is 9.10. The number of benzene rings is 2. The summed E-state index contributed by atoms with van der Waals surface area (Å²) in [5.41, 5.74) is -3.09. The van der Waals surface area contributed by atoms with Crippen LogP contribution in [0.3, 0.4) is 0 Å². The first kappa shape index (κ1) is 27.3. The number of halogens is 1. The van der Waals surface area contributed by atoms with Crippen LogP contribution < -0.4 is 0 Å². The van der Waals surface area contributed by atoms with Gasteiger partial charge in [0.25, 0.3) is 0 Å². The lowest BCUT2D eigenvalue weighted by molar-refractivity contribution is -0.155. The molecule has 0 aromatic heterocycles.